The number of cyclic esters (lactones) is 1. The van der Waals surface area contributed by atoms with Crippen LogP contribution in [-0.2, 0) is 23.8 Å². The van der Waals surface area contributed by atoms with E-state index in [4.69, 9.17) is 19.9 Å². The summed E-state index contributed by atoms with van der Waals surface area (Å²) in [6.45, 7) is 5.68. The van der Waals surface area contributed by atoms with Crippen molar-refractivity contribution in [2.24, 2.45) is 11.7 Å². The number of nitrogens with zero attached hydrogens (tertiary/aromatic N) is 2. The zero-order valence-corrected chi connectivity index (χ0v) is 21.0. The molecule has 0 aromatic heterocycles. The zero-order valence-electron chi connectivity index (χ0n) is 21.0. The van der Waals surface area contributed by atoms with E-state index in [1.807, 2.05) is 13.8 Å². The smallest absolute Gasteiger partial charge is 0.414 e. The number of carbonyl (C=O) groups excluding carboxylic acids is 3. The van der Waals surface area contributed by atoms with Crippen LogP contribution >= 0.6 is 0 Å². The Labute approximate surface area is 209 Å². The summed E-state index contributed by atoms with van der Waals surface area (Å²) in [6, 6.07) is 1.38. The predicted octanol–water partition coefficient (Wildman–Crippen LogP) is 1.94. The Balaban J connectivity index is 1.71. The van der Waals surface area contributed by atoms with Crippen molar-refractivity contribution in [1.29, 1.82) is 0 Å². The predicted molar refractivity (Wildman–Crippen MR) is 128 cm³/mol. The van der Waals surface area contributed by atoms with Gasteiger partial charge in [0.2, 0.25) is 5.91 Å². The molecule has 1 unspecified atom stereocenters. The second kappa shape index (κ2) is 11.4. The highest BCUT2D eigenvalue weighted by molar-refractivity contribution is 5.90. The van der Waals surface area contributed by atoms with Crippen LogP contribution in [0.1, 0.15) is 33.6 Å². The van der Waals surface area contributed by atoms with E-state index in [0.29, 0.717) is 12.8 Å². The van der Waals surface area contributed by atoms with Gasteiger partial charge in [0.25, 0.3) is 0 Å². The Hall–Kier alpha value is -2.99. The van der Waals surface area contributed by atoms with Crippen LogP contribution in [0.5, 0.6) is 0 Å². The molecule has 1 aromatic carbocycles. The quantitative estimate of drug-likeness (QED) is 0.481. The van der Waals surface area contributed by atoms with Crippen molar-refractivity contribution in [2.75, 3.05) is 49.7 Å². The first kappa shape index (κ1) is 27.6. The van der Waals surface area contributed by atoms with Crippen LogP contribution in [0.3, 0.4) is 0 Å². The Morgan fingerprint density at radius 3 is 2.39 bits per heavy atom. The zero-order chi connectivity index (χ0) is 26.6. The molecular weight excluding hydrogens is 478 g/mol. The van der Waals surface area contributed by atoms with Crippen molar-refractivity contribution in [3.8, 4) is 0 Å². The number of amides is 2. The van der Waals surface area contributed by atoms with E-state index < -0.39 is 41.4 Å². The van der Waals surface area contributed by atoms with E-state index in [9.17, 15) is 14.4 Å². The van der Waals surface area contributed by atoms with Crippen LogP contribution in [0.4, 0.5) is 25.0 Å². The third-order valence-corrected chi connectivity index (χ3v) is 6.47. The Bertz CT molecular complexity index is 960. The second-order valence-electron chi connectivity index (χ2n) is 9.61. The van der Waals surface area contributed by atoms with E-state index in [-0.39, 0.29) is 56.0 Å². The lowest BCUT2D eigenvalue weighted by Crippen LogP contribution is -2.52. The van der Waals surface area contributed by atoms with Gasteiger partial charge in [-0.1, -0.05) is 13.8 Å². The summed E-state index contributed by atoms with van der Waals surface area (Å²) in [6.07, 6.45) is -0.793. The number of nitrogens with two attached hydrogens (primary N) is 1. The molecule has 3 rings (SSSR count). The lowest BCUT2D eigenvalue weighted by atomic mass is 9.91. The van der Waals surface area contributed by atoms with Crippen molar-refractivity contribution < 1.29 is 37.4 Å². The van der Waals surface area contributed by atoms with E-state index >= 15 is 8.78 Å². The largest absolute Gasteiger partial charge is 0.455 e. The van der Waals surface area contributed by atoms with Gasteiger partial charge in [-0.05, 0) is 5.92 Å². The van der Waals surface area contributed by atoms with Crippen molar-refractivity contribution in [2.45, 2.75) is 51.4 Å². The number of methoxy groups -OCH3 is 1. The lowest BCUT2D eigenvalue weighted by Gasteiger charge is -2.42. The maximum atomic E-state index is 15.1. The van der Waals surface area contributed by atoms with Gasteiger partial charge in [-0.2, -0.15) is 0 Å². The first-order valence-electron chi connectivity index (χ1n) is 11.9. The van der Waals surface area contributed by atoms with Crippen LogP contribution < -0.4 is 20.9 Å². The highest BCUT2D eigenvalue weighted by atomic mass is 19.1. The van der Waals surface area contributed by atoms with Gasteiger partial charge in [-0.25, -0.2) is 13.6 Å². The van der Waals surface area contributed by atoms with Gasteiger partial charge in [-0.3, -0.25) is 14.5 Å². The molecule has 36 heavy (non-hydrogen) atoms. The maximum absolute atomic E-state index is 15.1. The molecule has 2 heterocycles. The number of nitrogens with one attached hydrogen (secondary N) is 1. The van der Waals surface area contributed by atoms with E-state index in [2.05, 4.69) is 5.32 Å². The number of hydrogen-bond donors (Lipinski definition) is 2. The van der Waals surface area contributed by atoms with Crippen molar-refractivity contribution in [3.05, 3.63) is 23.8 Å². The van der Waals surface area contributed by atoms with Crippen LogP contribution in [-0.4, -0.2) is 75.6 Å². The van der Waals surface area contributed by atoms with E-state index in [0.717, 1.165) is 17.0 Å². The van der Waals surface area contributed by atoms with Gasteiger partial charge in [0, 0.05) is 52.1 Å². The summed E-state index contributed by atoms with van der Waals surface area (Å²) >= 11 is 0. The molecule has 2 amide bonds. The molecule has 1 aromatic rings. The number of rotatable bonds is 9. The fraction of sp³-hybridized carbons (Fsp3) is 0.625. The first-order valence-corrected chi connectivity index (χ1v) is 11.9. The van der Waals surface area contributed by atoms with E-state index in [1.54, 1.807) is 4.90 Å². The average molecular weight is 513 g/mol. The van der Waals surface area contributed by atoms with Gasteiger partial charge in [0.1, 0.15) is 23.4 Å². The molecule has 0 radical (unpaired) electrons. The Morgan fingerprint density at radius 2 is 1.86 bits per heavy atom. The Morgan fingerprint density at radius 1 is 1.25 bits per heavy atom. The van der Waals surface area contributed by atoms with Crippen molar-refractivity contribution >= 4 is 29.3 Å². The summed E-state index contributed by atoms with van der Waals surface area (Å²) in [5.41, 5.74) is 4.78. The normalized spacial score (nSPS) is 20.3. The van der Waals surface area contributed by atoms with Crippen molar-refractivity contribution in [3.63, 3.8) is 0 Å². The van der Waals surface area contributed by atoms with Gasteiger partial charge >= 0.3 is 12.1 Å². The highest BCUT2D eigenvalue weighted by Gasteiger charge is 2.41. The first-order chi connectivity index (χ1) is 17.0. The molecule has 2 aliphatic rings. The lowest BCUT2D eigenvalue weighted by molar-refractivity contribution is -0.171. The number of ether oxygens (including phenoxy) is 3. The summed E-state index contributed by atoms with van der Waals surface area (Å²) in [7, 11) is 1.49. The highest BCUT2D eigenvalue weighted by Crippen LogP contribution is 2.35. The summed E-state index contributed by atoms with van der Waals surface area (Å²) in [5, 5.41) is 2.55. The van der Waals surface area contributed by atoms with Crippen LogP contribution in [0, 0.1) is 17.6 Å². The van der Waals surface area contributed by atoms with Crippen molar-refractivity contribution in [1.82, 2.24) is 5.32 Å². The second-order valence-corrected chi connectivity index (χ2v) is 9.61. The van der Waals surface area contributed by atoms with Crippen LogP contribution in [0.2, 0.25) is 0 Å². The van der Waals surface area contributed by atoms with E-state index in [1.165, 1.54) is 14.0 Å². The molecule has 12 heteroatoms. The summed E-state index contributed by atoms with van der Waals surface area (Å²) in [5.74, 6) is -2.58. The molecule has 0 saturated carbocycles. The molecule has 2 fully saturated rings. The minimum atomic E-state index is -0.941. The monoisotopic (exact) mass is 512 g/mol. The molecule has 3 N–H and O–H groups in total. The SMILES string of the molecule is COCC1(OC(=O)C(N)C(C)C)CCN(c2c(F)cc(N3C[C@H](CNC(C)=O)OC3=O)cc2F)CC1. The average Bonchev–Trinajstić information content (AvgIpc) is 3.18. The standard InChI is InChI=1S/C24H34F2N4O6/c1-14(2)20(27)22(32)36-24(13-34-4)5-7-29(8-6-24)21-18(25)9-16(10-19(21)26)30-12-17(35-23(30)33)11-28-15(3)31/h9-10,14,17,20H,5-8,11-13,27H2,1-4H3,(H,28,31)/t17-,20?/m0/s1. The molecule has 200 valence electrons. The molecular formula is C24H34F2N4O6. The number of carbonyl (C=O) groups is 3. The molecule has 0 spiro atoms. The fourth-order valence-electron chi connectivity index (χ4n) is 4.34. The fourth-order valence-corrected chi connectivity index (χ4v) is 4.34. The molecule has 2 saturated heterocycles. The van der Waals surface area contributed by atoms with Gasteiger partial charge in [0.15, 0.2) is 11.6 Å². The van der Waals surface area contributed by atoms with Gasteiger partial charge in [0.05, 0.1) is 25.4 Å². The summed E-state index contributed by atoms with van der Waals surface area (Å²) < 4.78 is 46.4. The Kier molecular flexibility index (Phi) is 8.72. The number of piperidine rings is 1. The third-order valence-electron chi connectivity index (χ3n) is 6.47. The number of hydrogen-bond acceptors (Lipinski definition) is 8. The third kappa shape index (κ3) is 6.22. The minimum absolute atomic E-state index is 0.0198. The molecule has 10 nitrogen and oxygen atoms in total. The van der Waals surface area contributed by atoms with Gasteiger partial charge < -0.3 is 30.2 Å². The van der Waals surface area contributed by atoms with Crippen LogP contribution in [0.25, 0.3) is 0 Å². The number of halogens is 2. The summed E-state index contributed by atoms with van der Waals surface area (Å²) in [4.78, 5) is 38.5. The molecule has 2 aliphatic heterocycles. The number of benzene rings is 1. The van der Waals surface area contributed by atoms with Gasteiger partial charge in [-0.15, -0.1) is 0 Å². The maximum Gasteiger partial charge on any atom is 0.414 e. The molecule has 2 atom stereocenters. The minimum Gasteiger partial charge on any atom is -0.455 e. The molecule has 0 aliphatic carbocycles. The number of esters is 1. The topological polar surface area (TPSA) is 123 Å². The van der Waals surface area contributed by atoms with Crippen LogP contribution in [0.15, 0.2) is 12.1 Å². The number of anilines is 2. The molecule has 0 bridgehead atoms.